The molecule has 1 N–H and O–H groups in total. The second kappa shape index (κ2) is 5.75. The molecule has 0 spiro atoms. The lowest BCUT2D eigenvalue weighted by Crippen LogP contribution is -2.41. The number of fused-ring (bicyclic) bond motifs is 1. The Labute approximate surface area is 123 Å². The van der Waals surface area contributed by atoms with Crippen LogP contribution in [0.5, 0.6) is 11.5 Å². The van der Waals surface area contributed by atoms with Crippen LogP contribution in [-0.2, 0) is 4.79 Å². The maximum absolute atomic E-state index is 11.8. The summed E-state index contributed by atoms with van der Waals surface area (Å²) in [5.41, 5.74) is 0.581. The van der Waals surface area contributed by atoms with Crippen molar-refractivity contribution in [2.24, 2.45) is 0 Å². The summed E-state index contributed by atoms with van der Waals surface area (Å²) >= 11 is 6.08. The van der Waals surface area contributed by atoms with Gasteiger partial charge in [0.05, 0.1) is 5.02 Å². The molecule has 2 rings (SSSR count). The first kappa shape index (κ1) is 14.7. The lowest BCUT2D eigenvalue weighted by molar-refractivity contribution is -0.117. The van der Waals surface area contributed by atoms with Gasteiger partial charge in [0.15, 0.2) is 11.5 Å². The van der Waals surface area contributed by atoms with E-state index in [9.17, 15) is 4.79 Å². The van der Waals surface area contributed by atoms with Gasteiger partial charge in [-0.2, -0.15) is 0 Å². The molecule has 4 nitrogen and oxygen atoms in total. The number of carbonyl (C=O) groups is 1. The van der Waals surface area contributed by atoms with Crippen molar-refractivity contribution in [3.63, 3.8) is 0 Å². The molecular weight excluding hydrogens is 278 g/mol. The van der Waals surface area contributed by atoms with Crippen molar-refractivity contribution in [3.05, 3.63) is 28.8 Å². The van der Waals surface area contributed by atoms with Crippen molar-refractivity contribution in [2.75, 3.05) is 6.79 Å². The van der Waals surface area contributed by atoms with Crippen LogP contribution in [0.4, 0.5) is 0 Å². The highest BCUT2D eigenvalue weighted by Gasteiger charge is 2.18. The van der Waals surface area contributed by atoms with Crippen molar-refractivity contribution in [2.45, 2.75) is 32.7 Å². The van der Waals surface area contributed by atoms with E-state index < -0.39 is 0 Å². The number of halogens is 1. The topological polar surface area (TPSA) is 47.6 Å². The molecule has 1 amide bonds. The average Bonchev–Trinajstić information content (AvgIpc) is 2.85. The van der Waals surface area contributed by atoms with Gasteiger partial charge in [0.1, 0.15) is 0 Å². The van der Waals surface area contributed by atoms with Gasteiger partial charge in [0.2, 0.25) is 12.7 Å². The molecule has 0 radical (unpaired) electrons. The summed E-state index contributed by atoms with van der Waals surface area (Å²) < 4.78 is 10.5. The van der Waals surface area contributed by atoms with E-state index in [0.717, 1.165) is 12.0 Å². The zero-order chi connectivity index (χ0) is 14.8. The third kappa shape index (κ3) is 3.45. The Bertz CT molecular complexity index is 552. The number of hydrogen-bond donors (Lipinski definition) is 1. The Morgan fingerprint density at radius 2 is 2.20 bits per heavy atom. The highest BCUT2D eigenvalue weighted by molar-refractivity contribution is 6.32. The largest absolute Gasteiger partial charge is 0.454 e. The SMILES string of the molecule is CCC(C)(C)NC(=O)/C=C/c1cc(Cl)c2c(c1)OCO2. The normalized spacial score (nSPS) is 13.8. The quantitative estimate of drug-likeness (QED) is 0.866. The lowest BCUT2D eigenvalue weighted by Gasteiger charge is -2.23. The molecule has 108 valence electrons. The van der Waals surface area contributed by atoms with Crippen molar-refractivity contribution in [3.8, 4) is 11.5 Å². The van der Waals surface area contributed by atoms with Crippen LogP contribution in [-0.4, -0.2) is 18.2 Å². The number of benzene rings is 1. The second-order valence-corrected chi connectivity index (χ2v) is 5.70. The third-order valence-corrected chi connectivity index (χ3v) is 3.50. The first-order valence-electron chi connectivity index (χ1n) is 6.50. The molecule has 0 saturated carbocycles. The molecule has 1 aromatic carbocycles. The van der Waals surface area contributed by atoms with Crippen LogP contribution in [0, 0.1) is 0 Å². The molecule has 1 aliphatic rings. The molecule has 0 atom stereocenters. The van der Waals surface area contributed by atoms with Crippen LogP contribution < -0.4 is 14.8 Å². The van der Waals surface area contributed by atoms with Crippen molar-refractivity contribution >= 4 is 23.6 Å². The molecule has 0 unspecified atom stereocenters. The Kier molecular flexibility index (Phi) is 4.23. The molecule has 0 fully saturated rings. The summed E-state index contributed by atoms with van der Waals surface area (Å²) in [6.07, 6.45) is 4.06. The van der Waals surface area contributed by atoms with Gasteiger partial charge in [-0.15, -0.1) is 0 Å². The Balaban J connectivity index is 2.09. The molecule has 0 saturated heterocycles. The van der Waals surface area contributed by atoms with Crippen molar-refractivity contribution in [1.82, 2.24) is 5.32 Å². The molecule has 0 aromatic heterocycles. The van der Waals surface area contributed by atoms with Crippen LogP contribution in [0.25, 0.3) is 6.08 Å². The van der Waals surface area contributed by atoms with Crippen LogP contribution in [0.3, 0.4) is 0 Å². The molecule has 1 heterocycles. The van der Waals surface area contributed by atoms with Crippen LogP contribution in [0.1, 0.15) is 32.8 Å². The average molecular weight is 296 g/mol. The smallest absolute Gasteiger partial charge is 0.244 e. The fourth-order valence-electron chi connectivity index (χ4n) is 1.72. The van der Waals surface area contributed by atoms with Gasteiger partial charge >= 0.3 is 0 Å². The van der Waals surface area contributed by atoms with Crippen molar-refractivity contribution in [1.29, 1.82) is 0 Å². The molecular formula is C15H18ClNO3. The molecule has 0 aliphatic carbocycles. The van der Waals surface area contributed by atoms with Gasteiger partial charge in [0, 0.05) is 11.6 Å². The zero-order valence-corrected chi connectivity index (χ0v) is 12.6. The highest BCUT2D eigenvalue weighted by Crippen LogP contribution is 2.40. The first-order chi connectivity index (χ1) is 9.41. The van der Waals surface area contributed by atoms with Gasteiger partial charge in [-0.1, -0.05) is 18.5 Å². The van der Waals surface area contributed by atoms with Gasteiger partial charge in [-0.3, -0.25) is 4.79 Å². The monoisotopic (exact) mass is 295 g/mol. The minimum absolute atomic E-state index is 0.134. The molecule has 5 heteroatoms. The molecule has 1 aromatic rings. The predicted octanol–water partition coefficient (Wildman–Crippen LogP) is 3.39. The summed E-state index contributed by atoms with van der Waals surface area (Å²) in [7, 11) is 0. The second-order valence-electron chi connectivity index (χ2n) is 5.30. The number of hydrogen-bond acceptors (Lipinski definition) is 3. The summed E-state index contributed by atoms with van der Waals surface area (Å²) in [4.78, 5) is 11.8. The molecule has 1 aliphatic heterocycles. The predicted molar refractivity (Wildman–Crippen MR) is 79.1 cm³/mol. The maximum Gasteiger partial charge on any atom is 0.244 e. The number of rotatable bonds is 4. The van der Waals surface area contributed by atoms with E-state index in [1.807, 2.05) is 20.8 Å². The van der Waals surface area contributed by atoms with Crippen LogP contribution in [0.2, 0.25) is 5.02 Å². The number of amides is 1. The summed E-state index contributed by atoms with van der Waals surface area (Å²) in [5, 5.41) is 3.41. The minimum Gasteiger partial charge on any atom is -0.454 e. The number of ether oxygens (including phenoxy) is 2. The van der Waals surface area contributed by atoms with E-state index in [1.165, 1.54) is 6.08 Å². The number of nitrogens with one attached hydrogen (secondary N) is 1. The number of carbonyl (C=O) groups excluding carboxylic acids is 1. The van der Waals surface area contributed by atoms with E-state index in [1.54, 1.807) is 18.2 Å². The van der Waals surface area contributed by atoms with Gasteiger partial charge < -0.3 is 14.8 Å². The molecule has 0 bridgehead atoms. The van der Waals surface area contributed by atoms with Crippen molar-refractivity contribution < 1.29 is 14.3 Å². The van der Waals surface area contributed by atoms with Gasteiger partial charge in [-0.05, 0) is 44.0 Å². The fourth-order valence-corrected chi connectivity index (χ4v) is 1.99. The fraction of sp³-hybridized carbons (Fsp3) is 0.400. The lowest BCUT2D eigenvalue weighted by atomic mass is 10.0. The van der Waals surface area contributed by atoms with E-state index in [0.29, 0.717) is 16.5 Å². The van der Waals surface area contributed by atoms with Crippen LogP contribution >= 0.6 is 11.6 Å². The minimum atomic E-state index is -0.214. The summed E-state index contributed by atoms with van der Waals surface area (Å²) in [6.45, 7) is 6.17. The highest BCUT2D eigenvalue weighted by atomic mass is 35.5. The van der Waals surface area contributed by atoms with Gasteiger partial charge in [-0.25, -0.2) is 0 Å². The summed E-state index contributed by atoms with van der Waals surface area (Å²) in [6, 6.07) is 3.53. The standard InChI is InChI=1S/C15H18ClNO3/c1-4-15(2,3)17-13(18)6-5-10-7-11(16)14-12(8-10)19-9-20-14/h5-8H,4,9H2,1-3H3,(H,17,18)/b6-5+. The van der Waals surface area contributed by atoms with E-state index in [-0.39, 0.29) is 18.2 Å². The van der Waals surface area contributed by atoms with Crippen LogP contribution in [0.15, 0.2) is 18.2 Å². The van der Waals surface area contributed by atoms with E-state index in [2.05, 4.69) is 5.32 Å². The Morgan fingerprint density at radius 3 is 2.90 bits per heavy atom. The van der Waals surface area contributed by atoms with E-state index >= 15 is 0 Å². The maximum atomic E-state index is 11.8. The first-order valence-corrected chi connectivity index (χ1v) is 6.88. The summed E-state index contributed by atoms with van der Waals surface area (Å²) in [5.74, 6) is 1.03. The van der Waals surface area contributed by atoms with Gasteiger partial charge in [0.25, 0.3) is 0 Å². The third-order valence-electron chi connectivity index (χ3n) is 3.22. The molecule has 20 heavy (non-hydrogen) atoms. The Hall–Kier alpha value is -1.68. The van der Waals surface area contributed by atoms with E-state index in [4.69, 9.17) is 21.1 Å². The Morgan fingerprint density at radius 1 is 1.45 bits per heavy atom. The zero-order valence-electron chi connectivity index (χ0n) is 11.8.